The maximum atomic E-state index is 3.01. The predicted octanol–water partition coefficient (Wildman–Crippen LogP) is 9.40. The SMILES string of the molecule is Cc1ccccc1N1C(c2c(C)cccc2C)N2C(c3ccccc3C2(c2ccccc2)C2CCCCC2)[C@@H]1C. The second-order valence-electron chi connectivity index (χ2n) is 12.5. The third-order valence-electron chi connectivity index (χ3n) is 10.4. The van der Waals surface area contributed by atoms with Crippen molar-refractivity contribution in [1.82, 2.24) is 4.90 Å². The van der Waals surface area contributed by atoms with Gasteiger partial charge >= 0.3 is 0 Å². The average molecular weight is 527 g/mol. The molecular weight excluding hydrogens is 484 g/mol. The third kappa shape index (κ3) is 3.58. The predicted molar refractivity (Wildman–Crippen MR) is 167 cm³/mol. The molecule has 1 saturated heterocycles. The molecule has 0 N–H and O–H groups in total. The van der Waals surface area contributed by atoms with E-state index in [-0.39, 0.29) is 11.7 Å². The Hall–Kier alpha value is -3.36. The van der Waals surface area contributed by atoms with Crippen LogP contribution >= 0.6 is 0 Å². The lowest BCUT2D eigenvalue weighted by Gasteiger charge is -2.50. The van der Waals surface area contributed by atoms with Crippen LogP contribution in [-0.4, -0.2) is 10.9 Å². The summed E-state index contributed by atoms with van der Waals surface area (Å²) in [4.78, 5) is 5.79. The van der Waals surface area contributed by atoms with Crippen molar-refractivity contribution >= 4 is 5.69 Å². The van der Waals surface area contributed by atoms with E-state index in [9.17, 15) is 0 Å². The van der Waals surface area contributed by atoms with Crippen molar-refractivity contribution in [3.8, 4) is 0 Å². The summed E-state index contributed by atoms with van der Waals surface area (Å²) >= 11 is 0. The van der Waals surface area contributed by atoms with Crippen LogP contribution in [-0.2, 0) is 5.54 Å². The monoisotopic (exact) mass is 526 g/mol. The Bertz CT molecular complexity index is 1500. The molecule has 1 saturated carbocycles. The first-order valence-electron chi connectivity index (χ1n) is 15.4. The largest absolute Gasteiger partial charge is 0.347 e. The molecule has 2 fully saturated rings. The molecule has 2 heterocycles. The first-order chi connectivity index (χ1) is 19.5. The first-order valence-corrected chi connectivity index (χ1v) is 15.4. The molecule has 2 aliphatic heterocycles. The van der Waals surface area contributed by atoms with Crippen molar-refractivity contribution in [2.75, 3.05) is 4.90 Å². The molecule has 7 rings (SSSR count). The molecule has 0 spiro atoms. The van der Waals surface area contributed by atoms with E-state index in [1.807, 2.05) is 0 Å². The van der Waals surface area contributed by atoms with Crippen molar-refractivity contribution in [2.24, 2.45) is 5.92 Å². The molecule has 4 aromatic carbocycles. The number of hydrogen-bond acceptors (Lipinski definition) is 2. The van der Waals surface area contributed by atoms with Crippen LogP contribution in [0.1, 0.15) is 90.2 Å². The topological polar surface area (TPSA) is 6.48 Å². The quantitative estimate of drug-likeness (QED) is 0.261. The second kappa shape index (κ2) is 9.93. The van der Waals surface area contributed by atoms with E-state index in [1.165, 1.54) is 71.2 Å². The van der Waals surface area contributed by atoms with Crippen LogP contribution in [0.5, 0.6) is 0 Å². The molecule has 40 heavy (non-hydrogen) atoms. The van der Waals surface area contributed by atoms with Crippen molar-refractivity contribution in [3.05, 3.63) is 136 Å². The normalized spacial score (nSPS) is 26.6. The van der Waals surface area contributed by atoms with Gasteiger partial charge in [-0.1, -0.05) is 110 Å². The van der Waals surface area contributed by atoms with Gasteiger partial charge < -0.3 is 4.90 Å². The Morgan fingerprint density at radius 2 is 1.27 bits per heavy atom. The van der Waals surface area contributed by atoms with Crippen LogP contribution in [0.15, 0.2) is 97.1 Å². The van der Waals surface area contributed by atoms with Crippen LogP contribution in [0.4, 0.5) is 5.69 Å². The summed E-state index contributed by atoms with van der Waals surface area (Å²) < 4.78 is 0. The zero-order valence-electron chi connectivity index (χ0n) is 24.5. The Balaban J connectivity index is 1.58. The fourth-order valence-electron chi connectivity index (χ4n) is 8.86. The molecule has 204 valence electrons. The molecule has 4 aromatic rings. The lowest BCUT2D eigenvalue weighted by atomic mass is 9.67. The van der Waals surface area contributed by atoms with Crippen molar-refractivity contribution < 1.29 is 0 Å². The van der Waals surface area contributed by atoms with Crippen LogP contribution in [0.2, 0.25) is 0 Å². The number of benzene rings is 4. The number of fused-ring (bicyclic) bond motifs is 3. The highest BCUT2D eigenvalue weighted by atomic mass is 15.5. The zero-order valence-corrected chi connectivity index (χ0v) is 24.5. The van der Waals surface area contributed by atoms with E-state index < -0.39 is 0 Å². The van der Waals surface area contributed by atoms with Gasteiger partial charge in [0, 0.05) is 11.7 Å². The van der Waals surface area contributed by atoms with Crippen LogP contribution in [0, 0.1) is 26.7 Å². The highest BCUT2D eigenvalue weighted by Gasteiger charge is 2.64. The van der Waals surface area contributed by atoms with Crippen molar-refractivity contribution in [1.29, 1.82) is 0 Å². The molecule has 0 aromatic heterocycles. The van der Waals surface area contributed by atoms with Crippen LogP contribution in [0.3, 0.4) is 0 Å². The summed E-state index contributed by atoms with van der Waals surface area (Å²) in [6.07, 6.45) is 6.71. The number of aryl methyl sites for hydroxylation is 3. The number of hydrogen-bond donors (Lipinski definition) is 0. The fourth-order valence-corrected chi connectivity index (χ4v) is 8.86. The van der Waals surface area contributed by atoms with Gasteiger partial charge in [-0.2, -0.15) is 0 Å². The van der Waals surface area contributed by atoms with Gasteiger partial charge in [-0.15, -0.1) is 0 Å². The van der Waals surface area contributed by atoms with E-state index in [1.54, 1.807) is 5.56 Å². The highest BCUT2D eigenvalue weighted by Crippen LogP contribution is 2.65. The molecule has 4 atom stereocenters. The minimum Gasteiger partial charge on any atom is -0.347 e. The molecule has 3 unspecified atom stereocenters. The standard InChI is InChI=1S/C38H42N2/c1-26-16-11-14-25-34(26)39-29(4)36-32-23-12-13-24-33(32)38(30-19-7-5-8-20-30,31-21-9-6-10-22-31)40(36)37(39)35-27(2)17-15-18-28(35)3/h5,7-8,11-20,23-25,29,31,36-37H,6,9-10,21-22H2,1-4H3/t29-,36?,37?,38?/m0/s1. The molecule has 0 radical (unpaired) electrons. The van der Waals surface area contributed by atoms with E-state index in [0.29, 0.717) is 18.0 Å². The Morgan fingerprint density at radius 3 is 2.00 bits per heavy atom. The molecule has 0 amide bonds. The van der Waals surface area contributed by atoms with Crippen LogP contribution in [0.25, 0.3) is 0 Å². The summed E-state index contributed by atoms with van der Waals surface area (Å²) in [5, 5.41) is 0. The number of para-hydroxylation sites is 1. The number of nitrogens with zero attached hydrogens (tertiary/aromatic N) is 2. The molecule has 2 heteroatoms. The lowest BCUT2D eigenvalue weighted by Crippen LogP contribution is -2.51. The van der Waals surface area contributed by atoms with E-state index in [0.717, 1.165) is 0 Å². The molecule has 3 aliphatic rings. The lowest BCUT2D eigenvalue weighted by molar-refractivity contribution is 0.0207. The summed E-state index contributed by atoms with van der Waals surface area (Å²) in [7, 11) is 0. The van der Waals surface area contributed by atoms with E-state index >= 15 is 0 Å². The third-order valence-corrected chi connectivity index (χ3v) is 10.4. The van der Waals surface area contributed by atoms with Gasteiger partial charge in [0.2, 0.25) is 0 Å². The second-order valence-corrected chi connectivity index (χ2v) is 12.5. The Kier molecular flexibility index (Phi) is 6.35. The van der Waals surface area contributed by atoms with Gasteiger partial charge in [-0.3, -0.25) is 4.90 Å². The maximum Gasteiger partial charge on any atom is 0.111 e. The minimum absolute atomic E-state index is 0.136. The Labute approximate surface area is 240 Å². The minimum atomic E-state index is -0.173. The van der Waals surface area contributed by atoms with Crippen molar-refractivity contribution in [3.63, 3.8) is 0 Å². The molecule has 1 aliphatic carbocycles. The summed E-state index contributed by atoms with van der Waals surface area (Å²) in [5.74, 6) is 0.575. The fraction of sp³-hybridized carbons (Fsp3) is 0.368. The van der Waals surface area contributed by atoms with Crippen molar-refractivity contribution in [2.45, 2.75) is 83.6 Å². The van der Waals surface area contributed by atoms with Gasteiger partial charge in [0.1, 0.15) is 6.17 Å². The Morgan fingerprint density at radius 1 is 0.650 bits per heavy atom. The summed E-state index contributed by atoms with van der Waals surface area (Å²) in [6.45, 7) is 9.41. The molecule has 2 nitrogen and oxygen atoms in total. The zero-order chi connectivity index (χ0) is 27.4. The van der Waals surface area contributed by atoms with Gasteiger partial charge in [-0.05, 0) is 91.5 Å². The summed E-state index contributed by atoms with van der Waals surface area (Å²) in [6, 6.07) is 37.6. The maximum absolute atomic E-state index is 3.01. The van der Waals surface area contributed by atoms with Gasteiger partial charge in [-0.25, -0.2) is 0 Å². The van der Waals surface area contributed by atoms with E-state index in [4.69, 9.17) is 0 Å². The smallest absolute Gasteiger partial charge is 0.111 e. The van der Waals surface area contributed by atoms with Gasteiger partial charge in [0.15, 0.2) is 0 Å². The highest BCUT2D eigenvalue weighted by molar-refractivity contribution is 5.63. The molecular formula is C38H42N2. The van der Waals surface area contributed by atoms with E-state index in [2.05, 4.69) is 135 Å². The number of anilines is 1. The summed E-state index contributed by atoms with van der Waals surface area (Å²) in [5.41, 5.74) is 11.3. The molecule has 0 bridgehead atoms. The first kappa shape index (κ1) is 25.6. The van der Waals surface area contributed by atoms with Gasteiger partial charge in [0.05, 0.1) is 11.6 Å². The van der Waals surface area contributed by atoms with Gasteiger partial charge in [0.25, 0.3) is 0 Å². The average Bonchev–Trinajstić information content (AvgIpc) is 3.45. The van der Waals surface area contributed by atoms with Crippen LogP contribution < -0.4 is 4.90 Å². The number of rotatable bonds is 4.